The van der Waals surface area contributed by atoms with E-state index in [-0.39, 0.29) is 11.6 Å². The second-order valence-corrected chi connectivity index (χ2v) is 6.03. The highest BCUT2D eigenvalue weighted by Crippen LogP contribution is 2.21. The third kappa shape index (κ3) is 5.02. The van der Waals surface area contributed by atoms with Crippen molar-refractivity contribution in [3.05, 3.63) is 71.4 Å². The van der Waals surface area contributed by atoms with E-state index in [1.807, 2.05) is 0 Å². The first-order chi connectivity index (χ1) is 13.0. The van der Waals surface area contributed by atoms with Gasteiger partial charge in [-0.05, 0) is 48.5 Å². The van der Waals surface area contributed by atoms with Gasteiger partial charge in [0.15, 0.2) is 11.5 Å². The first-order valence-electron chi connectivity index (χ1n) is 8.05. The molecule has 0 atom stereocenters. The van der Waals surface area contributed by atoms with Crippen LogP contribution in [0.25, 0.3) is 0 Å². The molecule has 8 heteroatoms. The number of para-hydroxylation sites is 1. The molecule has 0 unspecified atom stereocenters. The Hall–Kier alpha value is -3.45. The van der Waals surface area contributed by atoms with Gasteiger partial charge in [-0.2, -0.15) is 0 Å². The maximum Gasteiger partial charge on any atom is 0.276 e. The number of halogens is 1. The summed E-state index contributed by atoms with van der Waals surface area (Å²) in [6.07, 6.45) is 0. The largest absolute Gasteiger partial charge is 0.339 e. The summed E-state index contributed by atoms with van der Waals surface area (Å²) in [7, 11) is 0. The first-order valence-corrected chi connectivity index (χ1v) is 8.43. The fourth-order valence-electron chi connectivity index (χ4n) is 2.26. The zero-order valence-electron chi connectivity index (χ0n) is 14.4. The Morgan fingerprint density at radius 2 is 1.56 bits per heavy atom. The molecule has 0 spiro atoms. The molecule has 1 aromatic heterocycles. The average molecular weight is 382 g/mol. The van der Waals surface area contributed by atoms with Crippen LogP contribution in [0.5, 0.6) is 0 Å². The number of nitrogens with zero attached hydrogens (tertiary/aromatic N) is 2. The zero-order valence-corrected chi connectivity index (χ0v) is 15.1. The number of hydrogen-bond donors (Lipinski definition) is 3. The van der Waals surface area contributed by atoms with E-state index in [1.54, 1.807) is 60.7 Å². The number of benzene rings is 2. The molecule has 0 fully saturated rings. The number of aromatic nitrogens is 2. The maximum atomic E-state index is 12.2. The van der Waals surface area contributed by atoms with E-state index >= 15 is 0 Å². The van der Waals surface area contributed by atoms with Crippen molar-refractivity contribution in [3.8, 4) is 0 Å². The summed E-state index contributed by atoms with van der Waals surface area (Å²) >= 11 is 6.03. The number of carbonyl (C=O) groups excluding carboxylic acids is 2. The van der Waals surface area contributed by atoms with Gasteiger partial charge in [-0.25, -0.2) is 0 Å². The van der Waals surface area contributed by atoms with Crippen molar-refractivity contribution in [1.29, 1.82) is 0 Å². The molecule has 0 bridgehead atoms. The molecule has 0 aliphatic carbocycles. The number of rotatable bonds is 5. The summed E-state index contributed by atoms with van der Waals surface area (Å²) in [5, 5.41) is 16.8. The van der Waals surface area contributed by atoms with Crippen LogP contribution in [-0.2, 0) is 4.79 Å². The highest BCUT2D eigenvalue weighted by Gasteiger charge is 2.10. The van der Waals surface area contributed by atoms with E-state index in [2.05, 4.69) is 26.1 Å². The Kier molecular flexibility index (Phi) is 5.63. The van der Waals surface area contributed by atoms with Gasteiger partial charge in [0.25, 0.3) is 5.91 Å². The van der Waals surface area contributed by atoms with Gasteiger partial charge < -0.3 is 16.0 Å². The summed E-state index contributed by atoms with van der Waals surface area (Å²) in [6, 6.07) is 17.3. The lowest BCUT2D eigenvalue weighted by atomic mass is 10.2. The summed E-state index contributed by atoms with van der Waals surface area (Å²) in [5.41, 5.74) is 2.14. The lowest BCUT2D eigenvalue weighted by Gasteiger charge is -2.08. The highest BCUT2D eigenvalue weighted by atomic mass is 35.5. The van der Waals surface area contributed by atoms with Gasteiger partial charge in [-0.15, -0.1) is 10.2 Å². The third-order valence-corrected chi connectivity index (χ3v) is 3.83. The molecule has 3 rings (SSSR count). The molecular weight excluding hydrogens is 366 g/mol. The maximum absolute atomic E-state index is 12.2. The number of anilines is 4. The molecule has 0 aliphatic heterocycles. The predicted molar refractivity (Wildman–Crippen MR) is 105 cm³/mol. The average Bonchev–Trinajstić information content (AvgIpc) is 2.65. The molecular formula is C19H16ClN5O2. The molecule has 2 amide bonds. The zero-order chi connectivity index (χ0) is 19.2. The SMILES string of the molecule is CC(=O)Nc1ccc(Nc2ccc(C(=O)Nc3ccccc3Cl)nn2)cc1. The van der Waals surface area contributed by atoms with Gasteiger partial charge in [0.2, 0.25) is 5.91 Å². The van der Waals surface area contributed by atoms with Gasteiger partial charge in [0.1, 0.15) is 0 Å². The lowest BCUT2D eigenvalue weighted by molar-refractivity contribution is -0.114. The van der Waals surface area contributed by atoms with Crippen molar-refractivity contribution >= 4 is 46.3 Å². The van der Waals surface area contributed by atoms with Gasteiger partial charge in [-0.3, -0.25) is 9.59 Å². The van der Waals surface area contributed by atoms with Gasteiger partial charge in [0.05, 0.1) is 10.7 Å². The number of nitrogens with one attached hydrogen (secondary N) is 3. The fourth-order valence-corrected chi connectivity index (χ4v) is 2.44. The normalized spacial score (nSPS) is 10.1. The van der Waals surface area contributed by atoms with Crippen LogP contribution in [0, 0.1) is 0 Å². The smallest absolute Gasteiger partial charge is 0.276 e. The molecule has 27 heavy (non-hydrogen) atoms. The van der Waals surface area contributed by atoms with Crippen LogP contribution in [0.2, 0.25) is 5.02 Å². The predicted octanol–water partition coefficient (Wildman–Crippen LogP) is 4.08. The molecule has 2 aromatic carbocycles. The molecule has 0 saturated carbocycles. The highest BCUT2D eigenvalue weighted by molar-refractivity contribution is 6.33. The van der Waals surface area contributed by atoms with E-state index in [4.69, 9.17) is 11.6 Å². The van der Waals surface area contributed by atoms with Crippen molar-refractivity contribution in [2.45, 2.75) is 6.92 Å². The van der Waals surface area contributed by atoms with E-state index < -0.39 is 5.91 Å². The van der Waals surface area contributed by atoms with E-state index in [0.29, 0.717) is 22.2 Å². The quantitative estimate of drug-likeness (QED) is 0.618. The van der Waals surface area contributed by atoms with Crippen LogP contribution in [0.3, 0.4) is 0 Å². The Labute approximate surface area is 160 Å². The van der Waals surface area contributed by atoms with Crippen molar-refractivity contribution in [3.63, 3.8) is 0 Å². The van der Waals surface area contributed by atoms with E-state index in [1.165, 1.54) is 6.92 Å². The summed E-state index contributed by atoms with van der Waals surface area (Å²) in [5.74, 6) is -0.0504. The number of hydrogen-bond acceptors (Lipinski definition) is 5. The molecule has 0 aliphatic rings. The van der Waals surface area contributed by atoms with Gasteiger partial charge in [0, 0.05) is 18.3 Å². The molecule has 136 valence electrons. The first kappa shape index (κ1) is 18.3. The van der Waals surface area contributed by atoms with Crippen LogP contribution in [0.15, 0.2) is 60.7 Å². The Bertz CT molecular complexity index is 959. The molecule has 7 nitrogen and oxygen atoms in total. The van der Waals surface area contributed by atoms with Crippen molar-refractivity contribution < 1.29 is 9.59 Å². The van der Waals surface area contributed by atoms with Crippen LogP contribution >= 0.6 is 11.6 Å². The minimum Gasteiger partial charge on any atom is -0.339 e. The summed E-state index contributed by atoms with van der Waals surface area (Å²) in [4.78, 5) is 23.3. The Morgan fingerprint density at radius 1 is 0.852 bits per heavy atom. The standard InChI is InChI=1S/C19H16ClN5O2/c1-12(26)21-13-6-8-14(9-7-13)22-18-11-10-17(24-25-18)19(27)23-16-5-3-2-4-15(16)20/h2-11H,1H3,(H,21,26)(H,22,25)(H,23,27). The van der Waals surface area contributed by atoms with E-state index in [9.17, 15) is 9.59 Å². The Morgan fingerprint density at radius 3 is 2.19 bits per heavy atom. The minimum absolute atomic E-state index is 0.132. The molecule has 0 radical (unpaired) electrons. The fraction of sp³-hybridized carbons (Fsp3) is 0.0526. The van der Waals surface area contributed by atoms with Gasteiger partial charge >= 0.3 is 0 Å². The van der Waals surface area contributed by atoms with Crippen LogP contribution in [0.1, 0.15) is 17.4 Å². The van der Waals surface area contributed by atoms with Crippen molar-refractivity contribution in [2.75, 3.05) is 16.0 Å². The second-order valence-electron chi connectivity index (χ2n) is 5.62. The molecule has 1 heterocycles. The van der Waals surface area contributed by atoms with Gasteiger partial charge in [-0.1, -0.05) is 23.7 Å². The van der Waals surface area contributed by atoms with Crippen LogP contribution in [-0.4, -0.2) is 22.0 Å². The van der Waals surface area contributed by atoms with Crippen molar-refractivity contribution in [1.82, 2.24) is 10.2 Å². The molecule has 0 saturated heterocycles. The topological polar surface area (TPSA) is 96.0 Å². The third-order valence-electron chi connectivity index (χ3n) is 3.50. The summed E-state index contributed by atoms with van der Waals surface area (Å²) in [6.45, 7) is 1.45. The summed E-state index contributed by atoms with van der Waals surface area (Å²) < 4.78 is 0. The molecule has 3 aromatic rings. The van der Waals surface area contributed by atoms with E-state index in [0.717, 1.165) is 5.69 Å². The Balaban J connectivity index is 1.64. The number of amides is 2. The molecule has 3 N–H and O–H groups in total. The number of carbonyl (C=O) groups is 2. The van der Waals surface area contributed by atoms with Crippen molar-refractivity contribution in [2.24, 2.45) is 0 Å². The second kappa shape index (κ2) is 8.29. The minimum atomic E-state index is -0.401. The van der Waals surface area contributed by atoms with Crippen LogP contribution < -0.4 is 16.0 Å². The van der Waals surface area contributed by atoms with Crippen LogP contribution in [0.4, 0.5) is 22.9 Å². The monoisotopic (exact) mass is 381 g/mol. The lowest BCUT2D eigenvalue weighted by Crippen LogP contribution is -2.14.